The lowest BCUT2D eigenvalue weighted by Gasteiger charge is -2.15. The van der Waals surface area contributed by atoms with Crippen LogP contribution >= 0.6 is 23.2 Å². The highest BCUT2D eigenvalue weighted by atomic mass is 35.5. The summed E-state index contributed by atoms with van der Waals surface area (Å²) in [5.41, 5.74) is 2.75. The van der Waals surface area contributed by atoms with Gasteiger partial charge in [0.05, 0.1) is 17.9 Å². The van der Waals surface area contributed by atoms with Crippen molar-refractivity contribution in [1.29, 1.82) is 0 Å². The van der Waals surface area contributed by atoms with Crippen LogP contribution in [0, 0.1) is 6.92 Å². The van der Waals surface area contributed by atoms with E-state index in [-0.39, 0.29) is 22.3 Å². The summed E-state index contributed by atoms with van der Waals surface area (Å²) < 4.78 is 5.18. The second-order valence-electron chi connectivity index (χ2n) is 8.79. The molecule has 4 rings (SSSR count). The fraction of sp³-hybridized carbons (Fsp3) is 0.172. The Labute approximate surface area is 235 Å². The molecule has 3 amide bonds. The van der Waals surface area contributed by atoms with Gasteiger partial charge < -0.3 is 15.4 Å². The largest absolute Gasteiger partial charge is 0.462 e. The molecule has 39 heavy (non-hydrogen) atoms. The third-order valence-electron chi connectivity index (χ3n) is 5.97. The minimum Gasteiger partial charge on any atom is -0.462 e. The summed E-state index contributed by atoms with van der Waals surface area (Å²) in [6.07, 6.45) is 1.66. The first-order valence-electron chi connectivity index (χ1n) is 12.2. The number of esters is 1. The average molecular weight is 566 g/mol. The molecule has 3 aromatic carbocycles. The van der Waals surface area contributed by atoms with E-state index in [1.54, 1.807) is 36.4 Å². The van der Waals surface area contributed by atoms with Gasteiger partial charge in [0.2, 0.25) is 0 Å². The van der Waals surface area contributed by atoms with Crippen molar-refractivity contribution in [3.63, 3.8) is 0 Å². The van der Waals surface area contributed by atoms with Gasteiger partial charge in [-0.05, 0) is 79.6 Å². The van der Waals surface area contributed by atoms with Crippen molar-refractivity contribution >= 4 is 64.0 Å². The van der Waals surface area contributed by atoms with E-state index in [1.165, 1.54) is 24.3 Å². The van der Waals surface area contributed by atoms with Crippen LogP contribution in [0.3, 0.4) is 0 Å². The monoisotopic (exact) mass is 565 g/mol. The van der Waals surface area contributed by atoms with Crippen LogP contribution in [-0.4, -0.2) is 30.3 Å². The lowest BCUT2D eigenvalue weighted by molar-refractivity contribution is -0.120. The first-order valence-corrected chi connectivity index (χ1v) is 13.0. The van der Waals surface area contributed by atoms with Gasteiger partial charge in [0.1, 0.15) is 10.7 Å². The number of carbonyl (C=O) groups is 4. The molecule has 3 aromatic rings. The Balaban J connectivity index is 1.42. The number of benzene rings is 3. The van der Waals surface area contributed by atoms with Crippen LogP contribution in [-0.2, 0) is 14.3 Å². The Morgan fingerprint density at radius 3 is 2.15 bits per heavy atom. The van der Waals surface area contributed by atoms with E-state index in [4.69, 9.17) is 27.9 Å². The molecule has 0 radical (unpaired) electrons. The number of carbonyl (C=O) groups excluding carboxylic acids is 4. The molecule has 0 atom stereocenters. The molecule has 10 heteroatoms. The van der Waals surface area contributed by atoms with Gasteiger partial charge in [0, 0.05) is 22.0 Å². The molecule has 0 fully saturated rings. The number of amides is 3. The van der Waals surface area contributed by atoms with Crippen molar-refractivity contribution in [2.45, 2.75) is 26.7 Å². The van der Waals surface area contributed by atoms with E-state index in [9.17, 15) is 19.2 Å². The maximum absolute atomic E-state index is 13.1. The van der Waals surface area contributed by atoms with Crippen LogP contribution in [0.5, 0.6) is 0 Å². The molecular formula is C29H25Cl2N3O5. The average Bonchev–Trinajstić information content (AvgIpc) is 3.14. The zero-order chi connectivity index (χ0) is 28.1. The van der Waals surface area contributed by atoms with E-state index in [1.807, 2.05) is 19.9 Å². The Kier molecular flexibility index (Phi) is 8.69. The van der Waals surface area contributed by atoms with E-state index >= 15 is 0 Å². The van der Waals surface area contributed by atoms with Gasteiger partial charge in [-0.3, -0.25) is 14.4 Å². The highest BCUT2D eigenvalue weighted by Crippen LogP contribution is 2.30. The highest BCUT2D eigenvalue weighted by Gasteiger charge is 2.39. The van der Waals surface area contributed by atoms with Crippen LogP contribution in [0.15, 0.2) is 77.5 Å². The Morgan fingerprint density at radius 2 is 1.51 bits per heavy atom. The lowest BCUT2D eigenvalue weighted by atomic mass is 10.1. The maximum Gasteiger partial charge on any atom is 0.338 e. The number of nitrogens with one attached hydrogen (secondary N) is 2. The topological polar surface area (TPSA) is 105 Å². The molecular weight excluding hydrogens is 541 g/mol. The molecule has 0 bridgehead atoms. The van der Waals surface area contributed by atoms with E-state index in [2.05, 4.69) is 10.6 Å². The number of halogens is 2. The number of imide groups is 1. The molecule has 1 aliphatic rings. The standard InChI is InChI=1S/C29H25Cl2N3O5/c1-3-4-15-39-29(38)19-8-13-22(14-9-19)34-27(36)24(31)25(28(34)37)32-20-11-6-18(7-12-20)26(35)33-21-10-5-17(2)23(30)16-21/h5-14,16,32H,3-4,15H2,1-2H3,(H,33,35). The van der Waals surface area contributed by atoms with Crippen molar-refractivity contribution in [2.24, 2.45) is 0 Å². The zero-order valence-electron chi connectivity index (χ0n) is 21.2. The third-order valence-corrected chi connectivity index (χ3v) is 6.72. The van der Waals surface area contributed by atoms with Crippen molar-refractivity contribution in [1.82, 2.24) is 0 Å². The highest BCUT2D eigenvalue weighted by molar-refractivity contribution is 6.53. The molecule has 200 valence electrons. The lowest BCUT2D eigenvalue weighted by Crippen LogP contribution is -2.32. The van der Waals surface area contributed by atoms with Gasteiger partial charge in [-0.25, -0.2) is 9.69 Å². The first kappa shape index (κ1) is 27.9. The van der Waals surface area contributed by atoms with Gasteiger partial charge in [0.15, 0.2) is 0 Å². The van der Waals surface area contributed by atoms with Crippen molar-refractivity contribution in [3.8, 4) is 0 Å². The van der Waals surface area contributed by atoms with Crippen molar-refractivity contribution in [3.05, 3.63) is 99.2 Å². The second-order valence-corrected chi connectivity index (χ2v) is 9.58. The quantitative estimate of drug-likeness (QED) is 0.179. The van der Waals surface area contributed by atoms with Gasteiger partial charge in [0.25, 0.3) is 17.7 Å². The molecule has 1 heterocycles. The van der Waals surface area contributed by atoms with Gasteiger partial charge >= 0.3 is 5.97 Å². The number of hydrogen-bond donors (Lipinski definition) is 2. The van der Waals surface area contributed by atoms with E-state index < -0.39 is 17.8 Å². The van der Waals surface area contributed by atoms with E-state index in [0.717, 1.165) is 23.3 Å². The molecule has 0 aromatic heterocycles. The van der Waals surface area contributed by atoms with Crippen molar-refractivity contribution in [2.75, 3.05) is 22.1 Å². The summed E-state index contributed by atoms with van der Waals surface area (Å²) in [6.45, 7) is 4.18. The molecule has 8 nitrogen and oxygen atoms in total. The predicted molar refractivity (Wildman–Crippen MR) is 151 cm³/mol. The van der Waals surface area contributed by atoms with Crippen LogP contribution in [0.4, 0.5) is 17.1 Å². The number of anilines is 3. The smallest absolute Gasteiger partial charge is 0.338 e. The Hall–Kier alpha value is -4.14. The number of hydrogen-bond acceptors (Lipinski definition) is 6. The van der Waals surface area contributed by atoms with Gasteiger partial charge in [-0.15, -0.1) is 0 Å². The normalized spacial score (nSPS) is 13.1. The number of ether oxygens (including phenoxy) is 1. The van der Waals surface area contributed by atoms with Crippen LogP contribution in [0.25, 0.3) is 0 Å². The number of nitrogens with zero attached hydrogens (tertiary/aromatic N) is 1. The SMILES string of the molecule is CCCCOC(=O)c1ccc(N2C(=O)C(Cl)=C(Nc3ccc(C(=O)Nc4ccc(C)c(Cl)c4)cc3)C2=O)cc1. The number of aryl methyl sites for hydroxylation is 1. The van der Waals surface area contributed by atoms with Crippen molar-refractivity contribution < 1.29 is 23.9 Å². The summed E-state index contributed by atoms with van der Waals surface area (Å²) in [7, 11) is 0. The Bertz CT molecular complexity index is 1470. The molecule has 0 saturated heterocycles. The van der Waals surface area contributed by atoms with Crippen LogP contribution in [0.2, 0.25) is 5.02 Å². The molecule has 0 spiro atoms. The molecule has 0 saturated carbocycles. The minimum absolute atomic E-state index is 0.101. The number of rotatable bonds is 9. The molecule has 1 aliphatic heterocycles. The fourth-order valence-electron chi connectivity index (χ4n) is 3.71. The molecule has 0 aliphatic carbocycles. The maximum atomic E-state index is 13.1. The first-order chi connectivity index (χ1) is 18.7. The van der Waals surface area contributed by atoms with Crippen LogP contribution < -0.4 is 15.5 Å². The molecule has 2 N–H and O–H groups in total. The van der Waals surface area contributed by atoms with E-state index in [0.29, 0.717) is 34.1 Å². The van der Waals surface area contributed by atoms with Crippen LogP contribution in [0.1, 0.15) is 46.0 Å². The summed E-state index contributed by atoms with van der Waals surface area (Å²) in [6, 6.07) is 17.5. The summed E-state index contributed by atoms with van der Waals surface area (Å²) >= 11 is 12.3. The summed E-state index contributed by atoms with van der Waals surface area (Å²) in [5.74, 6) is -2.17. The Morgan fingerprint density at radius 1 is 0.872 bits per heavy atom. The van der Waals surface area contributed by atoms with Gasteiger partial charge in [-0.1, -0.05) is 42.6 Å². The number of unbranched alkanes of at least 4 members (excludes halogenated alkanes) is 1. The summed E-state index contributed by atoms with van der Waals surface area (Å²) in [5, 5.41) is 5.92. The zero-order valence-corrected chi connectivity index (χ0v) is 22.7. The minimum atomic E-state index is -0.699. The summed E-state index contributed by atoms with van der Waals surface area (Å²) in [4.78, 5) is 51.5. The van der Waals surface area contributed by atoms with Gasteiger partial charge in [-0.2, -0.15) is 0 Å². The predicted octanol–water partition coefficient (Wildman–Crippen LogP) is 6.29. The second kappa shape index (κ2) is 12.1. The fourth-order valence-corrected chi connectivity index (χ4v) is 4.10. The third kappa shape index (κ3) is 6.30. The molecule has 0 unspecified atom stereocenters.